The van der Waals surface area contributed by atoms with Gasteiger partial charge in [0, 0.05) is 5.39 Å². The Balaban J connectivity index is 1.87. The summed E-state index contributed by atoms with van der Waals surface area (Å²) in [6.07, 6.45) is 5.05. The highest BCUT2D eigenvalue weighted by atomic mass is 19.1. The smallest absolute Gasteiger partial charge is 0.134 e. The largest absolute Gasteiger partial charge is 0.459 e. The molecule has 108 valence electrons. The molecule has 1 atom stereocenters. The van der Waals surface area contributed by atoms with Gasteiger partial charge < -0.3 is 9.73 Å². The first-order valence-electron chi connectivity index (χ1n) is 7.53. The standard InChI is InChI=1S/C17H22FNO/c1-11-3-5-12(6-4-11)17(19-2)16-10-13-9-14(18)7-8-15(13)20-16/h7-12,17,19H,3-6H2,1-2H3. The highest BCUT2D eigenvalue weighted by Crippen LogP contribution is 2.38. The van der Waals surface area contributed by atoms with E-state index in [2.05, 4.69) is 12.2 Å². The summed E-state index contributed by atoms with van der Waals surface area (Å²) in [5, 5.41) is 4.24. The Hall–Kier alpha value is -1.35. The number of benzene rings is 1. The number of furan rings is 1. The van der Waals surface area contributed by atoms with Crippen LogP contribution in [0.4, 0.5) is 4.39 Å². The first-order valence-corrected chi connectivity index (χ1v) is 7.53. The van der Waals surface area contributed by atoms with Crippen LogP contribution >= 0.6 is 0 Å². The third-order valence-corrected chi connectivity index (χ3v) is 4.65. The molecule has 0 aliphatic heterocycles. The van der Waals surface area contributed by atoms with Gasteiger partial charge in [0.15, 0.2) is 0 Å². The van der Waals surface area contributed by atoms with Crippen LogP contribution in [0.25, 0.3) is 11.0 Å². The average molecular weight is 275 g/mol. The molecule has 1 aliphatic rings. The van der Waals surface area contributed by atoms with E-state index in [-0.39, 0.29) is 11.9 Å². The average Bonchev–Trinajstić information content (AvgIpc) is 2.84. The summed E-state index contributed by atoms with van der Waals surface area (Å²) in [6.45, 7) is 2.33. The molecule has 2 nitrogen and oxygen atoms in total. The monoisotopic (exact) mass is 275 g/mol. The molecule has 3 heteroatoms. The lowest BCUT2D eigenvalue weighted by Gasteiger charge is -2.31. The van der Waals surface area contributed by atoms with E-state index < -0.39 is 0 Å². The quantitative estimate of drug-likeness (QED) is 0.881. The number of nitrogens with one attached hydrogen (secondary N) is 1. The molecule has 3 rings (SSSR count). The van der Waals surface area contributed by atoms with Gasteiger partial charge >= 0.3 is 0 Å². The predicted molar refractivity (Wildman–Crippen MR) is 79.1 cm³/mol. The molecule has 0 bridgehead atoms. The normalized spacial score (nSPS) is 24.9. The highest BCUT2D eigenvalue weighted by Gasteiger charge is 2.28. The van der Waals surface area contributed by atoms with Crippen molar-refractivity contribution in [2.75, 3.05) is 7.05 Å². The van der Waals surface area contributed by atoms with Crippen molar-refractivity contribution in [1.82, 2.24) is 5.32 Å². The number of rotatable bonds is 3. The van der Waals surface area contributed by atoms with Crippen molar-refractivity contribution < 1.29 is 8.81 Å². The van der Waals surface area contributed by atoms with Gasteiger partial charge in [0.25, 0.3) is 0 Å². The van der Waals surface area contributed by atoms with Crippen LogP contribution in [0.2, 0.25) is 0 Å². The van der Waals surface area contributed by atoms with Crippen molar-refractivity contribution >= 4 is 11.0 Å². The summed E-state index contributed by atoms with van der Waals surface area (Å²) in [5.41, 5.74) is 0.769. The lowest BCUT2D eigenvalue weighted by Crippen LogP contribution is -2.28. The van der Waals surface area contributed by atoms with Crippen LogP contribution in [0.3, 0.4) is 0 Å². The van der Waals surface area contributed by atoms with Crippen LogP contribution < -0.4 is 5.32 Å². The molecule has 0 saturated heterocycles. The molecule has 1 N–H and O–H groups in total. The molecule has 1 aliphatic carbocycles. The third kappa shape index (κ3) is 2.59. The molecule has 1 heterocycles. The van der Waals surface area contributed by atoms with Crippen LogP contribution in [0, 0.1) is 17.7 Å². The molecule has 20 heavy (non-hydrogen) atoms. The zero-order chi connectivity index (χ0) is 14.1. The van der Waals surface area contributed by atoms with Crippen molar-refractivity contribution in [3.8, 4) is 0 Å². The second kappa shape index (κ2) is 5.57. The SMILES string of the molecule is CNC(c1cc2cc(F)ccc2o1)C1CCC(C)CC1. The summed E-state index contributed by atoms with van der Waals surface area (Å²) in [7, 11) is 1.98. The molecular weight excluding hydrogens is 253 g/mol. The van der Waals surface area contributed by atoms with Crippen molar-refractivity contribution in [3.05, 3.63) is 35.8 Å². The molecule has 1 fully saturated rings. The Morgan fingerprint density at radius 2 is 1.95 bits per heavy atom. The topological polar surface area (TPSA) is 25.2 Å². The van der Waals surface area contributed by atoms with Crippen molar-refractivity contribution in [3.63, 3.8) is 0 Å². The first kappa shape index (κ1) is 13.6. The van der Waals surface area contributed by atoms with Crippen LogP contribution in [-0.4, -0.2) is 7.05 Å². The summed E-state index contributed by atoms with van der Waals surface area (Å²) in [5.74, 6) is 2.18. The lowest BCUT2D eigenvalue weighted by atomic mass is 9.78. The minimum Gasteiger partial charge on any atom is -0.459 e. The molecule has 1 saturated carbocycles. The van der Waals surface area contributed by atoms with Crippen LogP contribution in [0.1, 0.15) is 44.4 Å². The summed E-state index contributed by atoms with van der Waals surface area (Å²) >= 11 is 0. The van der Waals surface area contributed by atoms with Gasteiger partial charge in [0.2, 0.25) is 0 Å². The number of fused-ring (bicyclic) bond motifs is 1. The fourth-order valence-electron chi connectivity index (χ4n) is 3.42. The van der Waals surface area contributed by atoms with E-state index in [0.717, 1.165) is 22.6 Å². The molecular formula is C17H22FNO. The second-order valence-electron chi connectivity index (χ2n) is 6.12. The molecule has 0 radical (unpaired) electrons. The third-order valence-electron chi connectivity index (χ3n) is 4.65. The fourth-order valence-corrected chi connectivity index (χ4v) is 3.42. The van der Waals surface area contributed by atoms with E-state index >= 15 is 0 Å². The Morgan fingerprint density at radius 1 is 1.20 bits per heavy atom. The predicted octanol–water partition coefficient (Wildman–Crippen LogP) is 4.66. The molecule has 2 aromatic rings. The van der Waals surface area contributed by atoms with Crippen LogP contribution in [0.15, 0.2) is 28.7 Å². The Labute approximate surface area is 119 Å². The fraction of sp³-hybridized carbons (Fsp3) is 0.529. The highest BCUT2D eigenvalue weighted by molar-refractivity contribution is 5.78. The van der Waals surface area contributed by atoms with Gasteiger partial charge in [-0.05, 0) is 56.0 Å². The molecule has 1 aromatic heterocycles. The van der Waals surface area contributed by atoms with Gasteiger partial charge in [-0.1, -0.05) is 19.8 Å². The maximum Gasteiger partial charge on any atom is 0.134 e. The zero-order valence-corrected chi connectivity index (χ0v) is 12.2. The molecule has 1 unspecified atom stereocenters. The first-order chi connectivity index (χ1) is 9.67. The van der Waals surface area contributed by atoms with Gasteiger partial charge in [-0.3, -0.25) is 0 Å². The number of hydrogen-bond acceptors (Lipinski definition) is 2. The summed E-state index contributed by atoms with van der Waals surface area (Å²) < 4.78 is 19.2. The minimum atomic E-state index is -0.211. The number of halogens is 1. The van der Waals surface area contributed by atoms with Gasteiger partial charge in [-0.2, -0.15) is 0 Å². The van der Waals surface area contributed by atoms with E-state index in [0.29, 0.717) is 5.92 Å². The Kier molecular flexibility index (Phi) is 3.79. The van der Waals surface area contributed by atoms with E-state index in [1.165, 1.54) is 37.8 Å². The zero-order valence-electron chi connectivity index (χ0n) is 12.2. The van der Waals surface area contributed by atoms with E-state index in [1.807, 2.05) is 13.1 Å². The van der Waals surface area contributed by atoms with Crippen molar-refractivity contribution in [2.24, 2.45) is 11.8 Å². The number of hydrogen-bond donors (Lipinski definition) is 1. The van der Waals surface area contributed by atoms with Crippen LogP contribution in [-0.2, 0) is 0 Å². The summed E-state index contributed by atoms with van der Waals surface area (Å²) in [4.78, 5) is 0. The van der Waals surface area contributed by atoms with E-state index in [1.54, 1.807) is 6.07 Å². The van der Waals surface area contributed by atoms with Crippen molar-refractivity contribution in [1.29, 1.82) is 0 Å². The van der Waals surface area contributed by atoms with Gasteiger partial charge in [0.1, 0.15) is 17.2 Å². The molecule has 0 spiro atoms. The second-order valence-corrected chi connectivity index (χ2v) is 6.12. The maximum absolute atomic E-state index is 13.3. The maximum atomic E-state index is 13.3. The van der Waals surface area contributed by atoms with Gasteiger partial charge in [-0.15, -0.1) is 0 Å². The lowest BCUT2D eigenvalue weighted by molar-refractivity contribution is 0.221. The molecule has 0 amide bonds. The minimum absolute atomic E-state index is 0.211. The molecule has 1 aromatic carbocycles. The summed E-state index contributed by atoms with van der Waals surface area (Å²) in [6, 6.07) is 6.92. The van der Waals surface area contributed by atoms with Crippen molar-refractivity contribution in [2.45, 2.75) is 38.6 Å². The Morgan fingerprint density at radius 3 is 2.65 bits per heavy atom. The van der Waals surface area contributed by atoms with Crippen LogP contribution in [0.5, 0.6) is 0 Å². The van der Waals surface area contributed by atoms with Gasteiger partial charge in [0.05, 0.1) is 6.04 Å². The van der Waals surface area contributed by atoms with E-state index in [9.17, 15) is 4.39 Å². The Bertz CT molecular complexity index is 584. The van der Waals surface area contributed by atoms with E-state index in [4.69, 9.17) is 4.42 Å². The van der Waals surface area contributed by atoms with Gasteiger partial charge in [-0.25, -0.2) is 4.39 Å².